The highest BCUT2D eigenvalue weighted by Crippen LogP contribution is 2.27. The van der Waals surface area contributed by atoms with Gasteiger partial charge in [0.2, 0.25) is 0 Å². The lowest BCUT2D eigenvalue weighted by Crippen LogP contribution is -2.16. The second-order valence-corrected chi connectivity index (χ2v) is 4.06. The average molecular weight is 279 g/mol. The first kappa shape index (κ1) is 12.5. The largest absolute Gasteiger partial charge is 0.573 e. The summed E-state index contributed by atoms with van der Waals surface area (Å²) < 4.78 is 41.8. The first-order valence-electron chi connectivity index (χ1n) is 5.67. The number of halogens is 3. The van der Waals surface area contributed by atoms with Gasteiger partial charge in [0.1, 0.15) is 12.1 Å². The number of ether oxygens (including phenoxy) is 1. The van der Waals surface area contributed by atoms with Crippen LogP contribution in [0.3, 0.4) is 0 Å². The zero-order valence-corrected chi connectivity index (χ0v) is 10.0. The van der Waals surface area contributed by atoms with Crippen LogP contribution in [0.4, 0.5) is 13.2 Å². The molecule has 4 nitrogen and oxygen atoms in total. The smallest absolute Gasteiger partial charge is 0.406 e. The lowest BCUT2D eigenvalue weighted by molar-refractivity contribution is -0.274. The summed E-state index contributed by atoms with van der Waals surface area (Å²) in [5.41, 5.74) is 2.15. The Kier molecular flexibility index (Phi) is 2.81. The summed E-state index contributed by atoms with van der Waals surface area (Å²) in [4.78, 5) is 0. The Morgan fingerprint density at radius 1 is 1.05 bits per heavy atom. The van der Waals surface area contributed by atoms with Crippen molar-refractivity contribution in [3.8, 4) is 16.9 Å². The standard InChI is InChI=1S/C13H8F3N3O/c14-13(15,16)20-10-5-3-9(4-6-10)11-2-1-7-19-8-17-18-12(11)19/h1-8H. The molecule has 2 aromatic heterocycles. The average Bonchev–Trinajstić information content (AvgIpc) is 2.86. The maximum Gasteiger partial charge on any atom is 0.573 e. The Labute approximate surface area is 111 Å². The summed E-state index contributed by atoms with van der Waals surface area (Å²) in [6.07, 6.45) is -1.34. The maximum atomic E-state index is 12.1. The lowest BCUT2D eigenvalue weighted by Gasteiger charge is -2.09. The molecule has 20 heavy (non-hydrogen) atoms. The van der Waals surface area contributed by atoms with E-state index in [9.17, 15) is 13.2 Å². The second-order valence-electron chi connectivity index (χ2n) is 4.06. The van der Waals surface area contributed by atoms with E-state index in [1.54, 1.807) is 29.1 Å². The molecule has 0 N–H and O–H groups in total. The van der Waals surface area contributed by atoms with Crippen molar-refractivity contribution in [2.24, 2.45) is 0 Å². The third-order valence-corrected chi connectivity index (χ3v) is 2.72. The summed E-state index contributed by atoms with van der Waals surface area (Å²) in [5, 5.41) is 7.77. The number of benzene rings is 1. The molecule has 7 heteroatoms. The fourth-order valence-corrected chi connectivity index (χ4v) is 1.91. The van der Waals surface area contributed by atoms with Crippen LogP contribution in [0.2, 0.25) is 0 Å². The summed E-state index contributed by atoms with van der Waals surface area (Å²) in [7, 11) is 0. The van der Waals surface area contributed by atoms with Crippen LogP contribution in [0.5, 0.6) is 5.75 Å². The van der Waals surface area contributed by atoms with Gasteiger partial charge in [-0.2, -0.15) is 0 Å². The van der Waals surface area contributed by atoms with Gasteiger partial charge < -0.3 is 4.74 Å². The molecular formula is C13H8F3N3O. The van der Waals surface area contributed by atoms with Crippen LogP contribution < -0.4 is 4.74 Å². The Morgan fingerprint density at radius 2 is 1.80 bits per heavy atom. The zero-order chi connectivity index (χ0) is 14.2. The van der Waals surface area contributed by atoms with Crippen molar-refractivity contribution in [1.29, 1.82) is 0 Å². The normalized spacial score (nSPS) is 11.8. The van der Waals surface area contributed by atoms with E-state index >= 15 is 0 Å². The van der Waals surface area contributed by atoms with E-state index in [4.69, 9.17) is 0 Å². The van der Waals surface area contributed by atoms with Crippen molar-refractivity contribution in [2.45, 2.75) is 6.36 Å². The van der Waals surface area contributed by atoms with Crippen molar-refractivity contribution in [2.75, 3.05) is 0 Å². The molecule has 0 spiro atoms. The maximum absolute atomic E-state index is 12.1. The minimum absolute atomic E-state index is 0.255. The van der Waals surface area contributed by atoms with Crippen LogP contribution >= 0.6 is 0 Å². The molecule has 0 bridgehead atoms. The summed E-state index contributed by atoms with van der Waals surface area (Å²) in [5.74, 6) is -0.255. The van der Waals surface area contributed by atoms with Gasteiger partial charge in [0.05, 0.1) is 0 Å². The van der Waals surface area contributed by atoms with Gasteiger partial charge in [0.25, 0.3) is 0 Å². The molecule has 0 fully saturated rings. The molecule has 2 heterocycles. The molecule has 3 rings (SSSR count). The first-order valence-corrected chi connectivity index (χ1v) is 5.67. The van der Waals surface area contributed by atoms with Crippen molar-refractivity contribution < 1.29 is 17.9 Å². The minimum Gasteiger partial charge on any atom is -0.406 e. The van der Waals surface area contributed by atoms with Crippen molar-refractivity contribution in [1.82, 2.24) is 14.6 Å². The van der Waals surface area contributed by atoms with Gasteiger partial charge in [0, 0.05) is 11.8 Å². The van der Waals surface area contributed by atoms with E-state index in [-0.39, 0.29) is 5.75 Å². The van der Waals surface area contributed by atoms with E-state index in [2.05, 4.69) is 14.9 Å². The molecule has 102 valence electrons. The lowest BCUT2D eigenvalue weighted by atomic mass is 10.1. The Hall–Kier alpha value is -2.57. The number of hydrogen-bond acceptors (Lipinski definition) is 3. The predicted octanol–water partition coefficient (Wildman–Crippen LogP) is 3.29. The highest BCUT2D eigenvalue weighted by Gasteiger charge is 2.30. The Balaban J connectivity index is 1.97. The molecular weight excluding hydrogens is 271 g/mol. The molecule has 0 saturated carbocycles. The Bertz CT molecular complexity index is 734. The number of fused-ring (bicyclic) bond motifs is 1. The van der Waals surface area contributed by atoms with Gasteiger partial charge in [-0.1, -0.05) is 12.1 Å². The van der Waals surface area contributed by atoms with Gasteiger partial charge in [-0.05, 0) is 29.8 Å². The zero-order valence-electron chi connectivity index (χ0n) is 10.0. The number of rotatable bonds is 2. The molecule has 0 aliphatic heterocycles. The molecule has 0 saturated heterocycles. The third-order valence-electron chi connectivity index (χ3n) is 2.72. The van der Waals surface area contributed by atoms with Crippen LogP contribution in [0.25, 0.3) is 16.8 Å². The van der Waals surface area contributed by atoms with E-state index in [0.717, 1.165) is 11.1 Å². The second kappa shape index (κ2) is 4.52. The highest BCUT2D eigenvalue weighted by molar-refractivity contribution is 5.77. The molecule has 0 atom stereocenters. The number of nitrogens with zero attached hydrogens (tertiary/aromatic N) is 3. The highest BCUT2D eigenvalue weighted by atomic mass is 19.4. The monoisotopic (exact) mass is 279 g/mol. The summed E-state index contributed by atoms with van der Waals surface area (Å²) in [6.45, 7) is 0. The molecule has 0 aliphatic rings. The van der Waals surface area contributed by atoms with Gasteiger partial charge in [0.15, 0.2) is 5.65 Å². The quantitative estimate of drug-likeness (QED) is 0.722. The van der Waals surface area contributed by atoms with Crippen molar-refractivity contribution in [3.05, 3.63) is 48.9 Å². The summed E-state index contributed by atoms with van der Waals surface area (Å²) >= 11 is 0. The fourth-order valence-electron chi connectivity index (χ4n) is 1.91. The Morgan fingerprint density at radius 3 is 2.50 bits per heavy atom. The van der Waals surface area contributed by atoms with E-state index in [1.807, 2.05) is 12.1 Å². The SMILES string of the molecule is FC(F)(F)Oc1ccc(-c2cccn3cnnc23)cc1. The predicted molar refractivity (Wildman–Crippen MR) is 65.1 cm³/mol. The summed E-state index contributed by atoms with van der Waals surface area (Å²) in [6, 6.07) is 9.26. The van der Waals surface area contributed by atoms with E-state index in [0.29, 0.717) is 5.65 Å². The van der Waals surface area contributed by atoms with Crippen LogP contribution in [0.15, 0.2) is 48.9 Å². The van der Waals surface area contributed by atoms with Crippen LogP contribution in [0, 0.1) is 0 Å². The minimum atomic E-state index is -4.69. The van der Waals surface area contributed by atoms with Gasteiger partial charge >= 0.3 is 6.36 Å². The molecule has 0 radical (unpaired) electrons. The first-order chi connectivity index (χ1) is 9.53. The fraction of sp³-hybridized carbons (Fsp3) is 0.0769. The third kappa shape index (κ3) is 2.42. The molecule has 3 aromatic rings. The molecule has 0 unspecified atom stereocenters. The van der Waals surface area contributed by atoms with Crippen molar-refractivity contribution >= 4 is 5.65 Å². The van der Waals surface area contributed by atoms with Gasteiger partial charge in [-0.15, -0.1) is 23.4 Å². The van der Waals surface area contributed by atoms with Gasteiger partial charge in [-0.25, -0.2) is 0 Å². The topological polar surface area (TPSA) is 39.4 Å². The van der Waals surface area contributed by atoms with Gasteiger partial charge in [-0.3, -0.25) is 4.40 Å². The van der Waals surface area contributed by atoms with Crippen LogP contribution in [0.1, 0.15) is 0 Å². The number of hydrogen-bond donors (Lipinski definition) is 0. The number of aromatic nitrogens is 3. The van der Waals surface area contributed by atoms with E-state index in [1.165, 1.54) is 12.1 Å². The molecule has 0 amide bonds. The van der Waals surface area contributed by atoms with Crippen molar-refractivity contribution in [3.63, 3.8) is 0 Å². The molecule has 0 aliphatic carbocycles. The molecule has 1 aromatic carbocycles. The van der Waals surface area contributed by atoms with E-state index < -0.39 is 6.36 Å². The number of alkyl halides is 3. The van der Waals surface area contributed by atoms with Crippen LogP contribution in [-0.2, 0) is 0 Å². The van der Waals surface area contributed by atoms with Crippen LogP contribution in [-0.4, -0.2) is 21.0 Å². The number of pyridine rings is 1.